The minimum atomic E-state index is 0.449. The van der Waals surface area contributed by atoms with Gasteiger partial charge in [-0.2, -0.15) is 0 Å². The molecule has 2 fully saturated rings. The van der Waals surface area contributed by atoms with Crippen molar-refractivity contribution in [2.45, 2.75) is 39.7 Å². The zero-order valence-electron chi connectivity index (χ0n) is 14.6. The molecule has 2 aliphatic heterocycles. The highest BCUT2D eigenvalue weighted by atomic mass is 15.3. The molecule has 2 unspecified atom stereocenters. The molecular formula is C18H24N6. The Morgan fingerprint density at radius 2 is 1.58 bits per heavy atom. The van der Waals surface area contributed by atoms with E-state index < -0.39 is 0 Å². The van der Waals surface area contributed by atoms with E-state index in [0.29, 0.717) is 6.04 Å². The van der Waals surface area contributed by atoms with Crippen molar-refractivity contribution in [2.75, 3.05) is 29.4 Å². The van der Waals surface area contributed by atoms with Crippen molar-refractivity contribution in [3.05, 3.63) is 35.4 Å². The maximum atomic E-state index is 4.68. The van der Waals surface area contributed by atoms with E-state index in [4.69, 9.17) is 0 Å². The van der Waals surface area contributed by atoms with Crippen molar-refractivity contribution < 1.29 is 0 Å². The number of nitrogens with zero attached hydrogens (tertiary/aromatic N) is 6. The Morgan fingerprint density at radius 3 is 2.29 bits per heavy atom. The highest BCUT2D eigenvalue weighted by Gasteiger charge is 2.40. The summed E-state index contributed by atoms with van der Waals surface area (Å²) in [5, 5.41) is 0. The van der Waals surface area contributed by atoms with Crippen LogP contribution in [0.2, 0.25) is 0 Å². The molecule has 2 aromatic heterocycles. The van der Waals surface area contributed by atoms with Crippen molar-refractivity contribution in [3.8, 4) is 0 Å². The monoisotopic (exact) mass is 324 g/mol. The van der Waals surface area contributed by atoms with E-state index in [1.807, 2.05) is 39.2 Å². The maximum Gasteiger partial charge on any atom is 0.226 e. The number of hydrogen-bond acceptors (Lipinski definition) is 6. The van der Waals surface area contributed by atoms with Crippen LogP contribution >= 0.6 is 0 Å². The Labute approximate surface area is 143 Å². The predicted molar refractivity (Wildman–Crippen MR) is 94.3 cm³/mol. The minimum absolute atomic E-state index is 0.449. The van der Waals surface area contributed by atoms with Gasteiger partial charge >= 0.3 is 0 Å². The van der Waals surface area contributed by atoms with Crippen molar-refractivity contribution in [2.24, 2.45) is 5.92 Å². The van der Waals surface area contributed by atoms with Crippen LogP contribution in [0.15, 0.2) is 18.5 Å². The fourth-order valence-electron chi connectivity index (χ4n) is 3.96. The molecule has 4 heterocycles. The molecule has 24 heavy (non-hydrogen) atoms. The predicted octanol–water partition coefficient (Wildman–Crippen LogP) is 2.30. The van der Waals surface area contributed by atoms with Gasteiger partial charge in [-0.25, -0.2) is 19.9 Å². The molecule has 6 heteroatoms. The Bertz CT molecular complexity index is 709. The summed E-state index contributed by atoms with van der Waals surface area (Å²) in [6.45, 7) is 9.13. The largest absolute Gasteiger partial charge is 0.339 e. The molecule has 0 aliphatic carbocycles. The quantitative estimate of drug-likeness (QED) is 0.845. The summed E-state index contributed by atoms with van der Waals surface area (Å²) in [6, 6.07) is 2.48. The number of piperidine rings is 1. The van der Waals surface area contributed by atoms with Gasteiger partial charge in [-0.05, 0) is 51.2 Å². The third-order valence-electron chi connectivity index (χ3n) is 5.14. The first kappa shape index (κ1) is 15.3. The second-order valence-corrected chi connectivity index (χ2v) is 7.06. The normalized spacial score (nSPS) is 23.5. The second-order valence-electron chi connectivity index (χ2n) is 7.06. The number of hydrogen-bond donors (Lipinski definition) is 0. The standard InChI is InChI=1S/C18H24N6/c1-12-9-19-17(20-10-12)23-6-4-15-5-7-24(16(15)11-23)18-21-13(2)8-14(3)22-18/h8-10,15-16H,4-7,11H2,1-3H3. The van der Waals surface area contributed by atoms with Crippen molar-refractivity contribution in [1.82, 2.24) is 19.9 Å². The number of aryl methyl sites for hydroxylation is 3. The number of fused-ring (bicyclic) bond motifs is 1. The minimum Gasteiger partial charge on any atom is -0.339 e. The molecule has 0 radical (unpaired) electrons. The Morgan fingerprint density at radius 1 is 0.917 bits per heavy atom. The van der Waals surface area contributed by atoms with E-state index in [0.717, 1.165) is 54.4 Å². The summed E-state index contributed by atoms with van der Waals surface area (Å²) in [5.41, 5.74) is 3.17. The average molecular weight is 324 g/mol. The van der Waals surface area contributed by atoms with Gasteiger partial charge in [0, 0.05) is 43.4 Å². The third kappa shape index (κ3) is 2.81. The highest BCUT2D eigenvalue weighted by Crippen LogP contribution is 2.34. The fourth-order valence-corrected chi connectivity index (χ4v) is 3.96. The lowest BCUT2D eigenvalue weighted by Gasteiger charge is -2.38. The first-order valence-corrected chi connectivity index (χ1v) is 8.72. The molecular weight excluding hydrogens is 300 g/mol. The Hall–Kier alpha value is -2.24. The van der Waals surface area contributed by atoms with E-state index in [2.05, 4.69) is 29.7 Å². The van der Waals surface area contributed by atoms with Crippen molar-refractivity contribution in [1.29, 1.82) is 0 Å². The topological polar surface area (TPSA) is 58.0 Å². The first-order valence-electron chi connectivity index (χ1n) is 8.72. The summed E-state index contributed by atoms with van der Waals surface area (Å²) >= 11 is 0. The van der Waals surface area contributed by atoms with Gasteiger partial charge in [-0.3, -0.25) is 0 Å². The molecule has 2 aromatic rings. The molecule has 0 saturated carbocycles. The average Bonchev–Trinajstić information content (AvgIpc) is 2.97. The fraction of sp³-hybridized carbons (Fsp3) is 0.556. The smallest absolute Gasteiger partial charge is 0.226 e. The number of rotatable bonds is 2. The van der Waals surface area contributed by atoms with Crippen LogP contribution < -0.4 is 9.80 Å². The van der Waals surface area contributed by atoms with Crippen LogP contribution in [0.3, 0.4) is 0 Å². The molecule has 2 aliphatic rings. The molecule has 0 aromatic carbocycles. The molecule has 0 N–H and O–H groups in total. The van der Waals surface area contributed by atoms with E-state index in [1.165, 1.54) is 12.8 Å². The molecule has 126 valence electrons. The Balaban J connectivity index is 1.58. The zero-order valence-corrected chi connectivity index (χ0v) is 14.6. The molecule has 0 amide bonds. The van der Waals surface area contributed by atoms with Crippen molar-refractivity contribution >= 4 is 11.9 Å². The summed E-state index contributed by atoms with van der Waals surface area (Å²) in [6.07, 6.45) is 6.20. The SMILES string of the molecule is Cc1cnc(N2CCC3CCN(c4nc(C)cc(C)n4)C3C2)nc1. The molecule has 0 bridgehead atoms. The molecule has 6 nitrogen and oxygen atoms in total. The van der Waals surface area contributed by atoms with Crippen LogP contribution in [0.25, 0.3) is 0 Å². The second kappa shape index (κ2) is 6.00. The van der Waals surface area contributed by atoms with E-state index in [1.54, 1.807) is 0 Å². The van der Waals surface area contributed by atoms with Gasteiger partial charge in [0.2, 0.25) is 11.9 Å². The highest BCUT2D eigenvalue weighted by molar-refractivity contribution is 5.40. The van der Waals surface area contributed by atoms with Gasteiger partial charge in [0.1, 0.15) is 0 Å². The van der Waals surface area contributed by atoms with Gasteiger partial charge in [-0.15, -0.1) is 0 Å². The van der Waals surface area contributed by atoms with Crippen LogP contribution in [0.1, 0.15) is 29.8 Å². The maximum absolute atomic E-state index is 4.68. The van der Waals surface area contributed by atoms with Gasteiger partial charge in [0.25, 0.3) is 0 Å². The third-order valence-corrected chi connectivity index (χ3v) is 5.14. The zero-order chi connectivity index (χ0) is 16.7. The van der Waals surface area contributed by atoms with Gasteiger partial charge in [0.05, 0.1) is 6.04 Å². The van der Waals surface area contributed by atoms with E-state index >= 15 is 0 Å². The van der Waals surface area contributed by atoms with Crippen LogP contribution in [-0.2, 0) is 0 Å². The lowest BCUT2D eigenvalue weighted by molar-refractivity contribution is 0.386. The molecule has 0 spiro atoms. The van der Waals surface area contributed by atoms with E-state index in [-0.39, 0.29) is 0 Å². The van der Waals surface area contributed by atoms with Crippen LogP contribution in [0.4, 0.5) is 11.9 Å². The van der Waals surface area contributed by atoms with Gasteiger partial charge < -0.3 is 9.80 Å². The van der Waals surface area contributed by atoms with Gasteiger partial charge in [0.15, 0.2) is 0 Å². The van der Waals surface area contributed by atoms with E-state index in [9.17, 15) is 0 Å². The van der Waals surface area contributed by atoms with Crippen molar-refractivity contribution in [3.63, 3.8) is 0 Å². The summed E-state index contributed by atoms with van der Waals surface area (Å²) < 4.78 is 0. The van der Waals surface area contributed by atoms with Crippen LogP contribution in [0, 0.1) is 26.7 Å². The van der Waals surface area contributed by atoms with Crippen LogP contribution in [0.5, 0.6) is 0 Å². The lowest BCUT2D eigenvalue weighted by atomic mass is 9.92. The molecule has 4 rings (SSSR count). The summed E-state index contributed by atoms with van der Waals surface area (Å²) in [4.78, 5) is 23.1. The molecule has 2 atom stereocenters. The van der Waals surface area contributed by atoms with Gasteiger partial charge in [-0.1, -0.05) is 0 Å². The number of anilines is 2. The summed E-state index contributed by atoms with van der Waals surface area (Å²) in [7, 11) is 0. The Kier molecular flexibility index (Phi) is 3.82. The number of aromatic nitrogens is 4. The summed E-state index contributed by atoms with van der Waals surface area (Å²) in [5.74, 6) is 2.44. The lowest BCUT2D eigenvalue weighted by Crippen LogP contribution is -2.49. The van der Waals surface area contributed by atoms with Crippen LogP contribution in [-0.4, -0.2) is 45.6 Å². The molecule has 2 saturated heterocycles. The first-order chi connectivity index (χ1) is 11.6.